The lowest BCUT2D eigenvalue weighted by molar-refractivity contribution is -0.166. The molecule has 0 bridgehead atoms. The van der Waals surface area contributed by atoms with Crippen LogP contribution < -0.4 is 5.32 Å². The first-order valence-corrected chi connectivity index (χ1v) is 9.20. The Kier molecular flexibility index (Phi) is 4.23. The lowest BCUT2D eigenvalue weighted by atomic mass is 9.78. The van der Waals surface area contributed by atoms with E-state index in [0.29, 0.717) is 29.9 Å². The van der Waals surface area contributed by atoms with Crippen LogP contribution in [0.15, 0.2) is 24.5 Å². The summed E-state index contributed by atoms with van der Waals surface area (Å²) < 4.78 is 6.02. The molecule has 3 heterocycles. The maximum absolute atomic E-state index is 12.3. The first kappa shape index (κ1) is 16.5. The second kappa shape index (κ2) is 6.41. The Morgan fingerprint density at radius 2 is 2.08 bits per heavy atom. The van der Waals surface area contributed by atoms with Crippen molar-refractivity contribution in [3.63, 3.8) is 0 Å². The third kappa shape index (κ3) is 3.15. The Morgan fingerprint density at radius 1 is 1.36 bits per heavy atom. The molecule has 1 aromatic rings. The summed E-state index contributed by atoms with van der Waals surface area (Å²) in [4.78, 5) is 30.3. The van der Waals surface area contributed by atoms with Crippen molar-refractivity contribution in [2.24, 2.45) is 17.8 Å². The summed E-state index contributed by atoms with van der Waals surface area (Å²) in [5.41, 5.74) is 0.459. The molecule has 0 unspecified atom stereocenters. The number of hydrogen-bond acceptors (Lipinski definition) is 4. The molecule has 3 aliphatic rings. The van der Waals surface area contributed by atoms with Crippen molar-refractivity contribution < 1.29 is 14.3 Å². The number of ether oxygens (including phenoxy) is 1. The Balaban J connectivity index is 1.25. The van der Waals surface area contributed by atoms with Crippen molar-refractivity contribution in [2.45, 2.75) is 31.8 Å². The van der Waals surface area contributed by atoms with Crippen LogP contribution in [0.4, 0.5) is 0 Å². The zero-order valence-electron chi connectivity index (χ0n) is 14.6. The minimum atomic E-state index is -0.171. The molecule has 0 radical (unpaired) electrons. The molecule has 1 saturated carbocycles. The van der Waals surface area contributed by atoms with Crippen LogP contribution in [0.2, 0.25) is 0 Å². The number of pyridine rings is 1. The normalized spacial score (nSPS) is 29.3. The van der Waals surface area contributed by atoms with Gasteiger partial charge in [-0.1, -0.05) is 6.92 Å². The predicted molar refractivity (Wildman–Crippen MR) is 91.8 cm³/mol. The molecule has 1 aromatic heterocycles. The number of likely N-dealkylation sites (tertiary alicyclic amines) is 1. The number of rotatable bonds is 5. The van der Waals surface area contributed by atoms with Gasteiger partial charge in [0.2, 0.25) is 5.91 Å². The smallest absolute Gasteiger partial charge is 0.251 e. The van der Waals surface area contributed by atoms with Gasteiger partial charge in [-0.3, -0.25) is 14.6 Å². The fraction of sp³-hybridized carbons (Fsp3) is 0.632. The Hall–Kier alpha value is -1.95. The van der Waals surface area contributed by atoms with E-state index < -0.39 is 0 Å². The zero-order valence-corrected chi connectivity index (χ0v) is 14.6. The molecule has 2 saturated heterocycles. The highest BCUT2D eigenvalue weighted by molar-refractivity contribution is 5.93. The van der Waals surface area contributed by atoms with Crippen molar-refractivity contribution in [3.8, 4) is 0 Å². The molecular formula is C19H25N3O3. The number of nitrogens with zero attached hydrogens (tertiary/aromatic N) is 2. The molecule has 1 N–H and O–H groups in total. The van der Waals surface area contributed by atoms with Gasteiger partial charge in [-0.15, -0.1) is 0 Å². The van der Waals surface area contributed by atoms with E-state index in [1.165, 1.54) is 0 Å². The summed E-state index contributed by atoms with van der Waals surface area (Å²) in [5.74, 6) is 1.44. The average molecular weight is 343 g/mol. The topological polar surface area (TPSA) is 71.5 Å². The van der Waals surface area contributed by atoms with E-state index in [1.54, 1.807) is 24.5 Å². The van der Waals surface area contributed by atoms with Crippen molar-refractivity contribution in [3.05, 3.63) is 30.1 Å². The number of aromatic nitrogens is 1. The first-order valence-electron chi connectivity index (χ1n) is 9.20. The van der Waals surface area contributed by atoms with Crippen LogP contribution in [0.5, 0.6) is 0 Å². The molecule has 2 aliphatic heterocycles. The third-order valence-electron chi connectivity index (χ3n) is 5.98. The molecular weight excluding hydrogens is 318 g/mol. The first-order chi connectivity index (χ1) is 12.1. The molecule has 4 rings (SSSR count). The number of carbonyl (C=O) groups is 2. The largest absolute Gasteiger partial charge is 0.371 e. The van der Waals surface area contributed by atoms with Gasteiger partial charge >= 0.3 is 0 Å². The maximum atomic E-state index is 12.3. The van der Waals surface area contributed by atoms with E-state index in [1.807, 2.05) is 4.90 Å². The lowest BCUT2D eigenvalue weighted by Gasteiger charge is -2.50. The minimum absolute atomic E-state index is 0.0662. The summed E-state index contributed by atoms with van der Waals surface area (Å²) in [6.45, 7) is 4.96. The van der Waals surface area contributed by atoms with Crippen LogP contribution in [0.25, 0.3) is 0 Å². The highest BCUT2D eigenvalue weighted by atomic mass is 16.5. The van der Waals surface area contributed by atoms with E-state index >= 15 is 0 Å². The van der Waals surface area contributed by atoms with Crippen LogP contribution in [-0.2, 0) is 9.53 Å². The third-order valence-corrected chi connectivity index (χ3v) is 5.98. The van der Waals surface area contributed by atoms with Gasteiger partial charge in [-0.25, -0.2) is 0 Å². The Bertz CT molecular complexity index is 657. The van der Waals surface area contributed by atoms with Crippen LogP contribution in [0, 0.1) is 17.8 Å². The molecule has 25 heavy (non-hydrogen) atoms. The van der Waals surface area contributed by atoms with E-state index in [-0.39, 0.29) is 17.4 Å². The van der Waals surface area contributed by atoms with Crippen molar-refractivity contribution >= 4 is 11.8 Å². The van der Waals surface area contributed by atoms with E-state index in [9.17, 15) is 9.59 Å². The van der Waals surface area contributed by atoms with Gasteiger partial charge in [0.05, 0.1) is 13.1 Å². The summed E-state index contributed by atoms with van der Waals surface area (Å²) >= 11 is 0. The van der Waals surface area contributed by atoms with Crippen molar-refractivity contribution in [1.82, 2.24) is 15.2 Å². The maximum Gasteiger partial charge on any atom is 0.251 e. The summed E-state index contributed by atoms with van der Waals surface area (Å²) in [7, 11) is 0. The molecule has 0 aromatic carbocycles. The number of amides is 2. The van der Waals surface area contributed by atoms with Gasteiger partial charge in [-0.05, 0) is 43.2 Å². The van der Waals surface area contributed by atoms with E-state index in [4.69, 9.17) is 4.74 Å². The Morgan fingerprint density at radius 3 is 2.76 bits per heavy atom. The molecule has 1 spiro atoms. The zero-order chi connectivity index (χ0) is 17.4. The molecule has 1 aliphatic carbocycles. The molecule has 134 valence electrons. The van der Waals surface area contributed by atoms with Crippen molar-refractivity contribution in [1.29, 1.82) is 0 Å². The summed E-state index contributed by atoms with van der Waals surface area (Å²) in [6, 6.07) is 3.42. The fourth-order valence-corrected chi connectivity index (χ4v) is 4.16. The number of nitrogens with one attached hydrogen (secondary N) is 1. The standard InChI is InChI=1S/C19H25N3O3/c1-13-10-16(13)18(24)22-11-19(12-22)15(5-9-25-19)4-8-21-17(23)14-2-6-20-7-3-14/h2-3,6-7,13,15-16H,4-5,8-12H2,1H3,(H,21,23)/t13-,15+,16+/m1/s1. The minimum Gasteiger partial charge on any atom is -0.371 e. The predicted octanol–water partition coefficient (Wildman–Crippen LogP) is 1.47. The average Bonchev–Trinajstić information content (AvgIpc) is 3.17. The summed E-state index contributed by atoms with van der Waals surface area (Å²) in [5, 5.41) is 2.98. The SMILES string of the molecule is C[C@@H]1C[C@@H]1C(=O)N1CC2(C1)OCC[C@@H]2CCNC(=O)c1ccncc1. The van der Waals surface area contributed by atoms with Gasteiger partial charge in [0, 0.05) is 37.0 Å². The van der Waals surface area contributed by atoms with Crippen LogP contribution in [-0.4, -0.2) is 53.5 Å². The number of hydrogen-bond donors (Lipinski definition) is 1. The van der Waals surface area contributed by atoms with Crippen molar-refractivity contribution in [2.75, 3.05) is 26.2 Å². The van der Waals surface area contributed by atoms with E-state index in [2.05, 4.69) is 17.2 Å². The highest BCUT2D eigenvalue weighted by Gasteiger charge is 2.56. The van der Waals surface area contributed by atoms with Gasteiger partial charge in [0.15, 0.2) is 0 Å². The van der Waals surface area contributed by atoms with Gasteiger partial charge < -0.3 is 15.0 Å². The van der Waals surface area contributed by atoms with Gasteiger partial charge in [0.1, 0.15) is 5.60 Å². The van der Waals surface area contributed by atoms with E-state index in [0.717, 1.165) is 39.0 Å². The van der Waals surface area contributed by atoms with Crippen LogP contribution >= 0.6 is 0 Å². The second-order valence-electron chi connectivity index (χ2n) is 7.69. The quantitative estimate of drug-likeness (QED) is 0.879. The molecule has 3 fully saturated rings. The molecule has 6 nitrogen and oxygen atoms in total. The number of carbonyl (C=O) groups excluding carboxylic acids is 2. The molecule has 6 heteroatoms. The van der Waals surface area contributed by atoms with Gasteiger partial charge in [-0.2, -0.15) is 0 Å². The fourth-order valence-electron chi connectivity index (χ4n) is 4.16. The van der Waals surface area contributed by atoms with Crippen LogP contribution in [0.3, 0.4) is 0 Å². The molecule has 3 atom stereocenters. The van der Waals surface area contributed by atoms with Gasteiger partial charge in [0.25, 0.3) is 5.91 Å². The lowest BCUT2D eigenvalue weighted by Crippen LogP contribution is -2.66. The summed E-state index contributed by atoms with van der Waals surface area (Å²) in [6.07, 6.45) is 6.17. The monoisotopic (exact) mass is 343 g/mol. The second-order valence-corrected chi connectivity index (χ2v) is 7.69. The molecule has 2 amide bonds. The Labute approximate surface area is 147 Å². The highest BCUT2D eigenvalue weighted by Crippen LogP contribution is 2.45. The van der Waals surface area contributed by atoms with Crippen LogP contribution in [0.1, 0.15) is 36.5 Å².